The van der Waals surface area contributed by atoms with Crippen molar-refractivity contribution in [3.63, 3.8) is 0 Å². The fourth-order valence-electron chi connectivity index (χ4n) is 0.896. The van der Waals surface area contributed by atoms with Crippen LogP contribution in [-0.4, -0.2) is 24.7 Å². The second kappa shape index (κ2) is 2.94. The van der Waals surface area contributed by atoms with Crippen molar-refractivity contribution in [1.82, 2.24) is 24.7 Å². The highest BCUT2D eigenvalue weighted by atomic mass is 35.5. The van der Waals surface area contributed by atoms with E-state index in [0.29, 0.717) is 6.54 Å². The van der Waals surface area contributed by atoms with E-state index in [4.69, 9.17) is 11.6 Å². The molecule has 6 heteroatoms. The molecular formula is C6H6ClN5. The van der Waals surface area contributed by atoms with Gasteiger partial charge in [-0.25, -0.2) is 9.97 Å². The third-order valence-electron chi connectivity index (χ3n) is 1.40. The molecule has 0 unspecified atom stereocenters. The van der Waals surface area contributed by atoms with Crippen LogP contribution in [0.25, 0.3) is 0 Å². The molecule has 0 aliphatic carbocycles. The van der Waals surface area contributed by atoms with Crippen LogP contribution < -0.4 is 0 Å². The first kappa shape index (κ1) is 7.30. The summed E-state index contributed by atoms with van der Waals surface area (Å²) in [6.45, 7) is 0.611. The van der Waals surface area contributed by atoms with Gasteiger partial charge in [0.15, 0.2) is 0 Å². The summed E-state index contributed by atoms with van der Waals surface area (Å²) >= 11 is 5.52. The van der Waals surface area contributed by atoms with Crippen LogP contribution in [0.1, 0.15) is 5.82 Å². The zero-order valence-corrected chi connectivity index (χ0v) is 6.86. The van der Waals surface area contributed by atoms with Crippen molar-refractivity contribution >= 4 is 11.6 Å². The molecule has 2 aromatic rings. The van der Waals surface area contributed by atoms with Gasteiger partial charge in [-0.15, -0.1) is 5.10 Å². The Hall–Kier alpha value is -1.36. The molecule has 0 aromatic carbocycles. The van der Waals surface area contributed by atoms with Crippen LogP contribution in [0, 0.1) is 0 Å². The minimum absolute atomic E-state index is 0.241. The molecule has 2 aromatic heterocycles. The number of imidazole rings is 1. The number of hydrogen-bond donors (Lipinski definition) is 1. The molecule has 1 N–H and O–H groups in total. The number of aromatic nitrogens is 5. The van der Waals surface area contributed by atoms with Gasteiger partial charge in [0, 0.05) is 12.4 Å². The maximum Gasteiger partial charge on any atom is 0.242 e. The SMILES string of the molecule is Clc1n[nH]c(Cn2ccnc2)n1. The number of H-pyrrole nitrogens is 1. The van der Waals surface area contributed by atoms with Gasteiger partial charge in [0.25, 0.3) is 0 Å². The zero-order valence-electron chi connectivity index (χ0n) is 6.11. The summed E-state index contributed by atoms with van der Waals surface area (Å²) in [7, 11) is 0. The molecule has 0 bridgehead atoms. The molecule has 0 radical (unpaired) electrons. The van der Waals surface area contributed by atoms with E-state index >= 15 is 0 Å². The van der Waals surface area contributed by atoms with E-state index in [-0.39, 0.29) is 5.28 Å². The van der Waals surface area contributed by atoms with E-state index in [1.807, 2.05) is 10.8 Å². The normalized spacial score (nSPS) is 10.4. The van der Waals surface area contributed by atoms with Crippen LogP contribution >= 0.6 is 11.6 Å². The van der Waals surface area contributed by atoms with E-state index < -0.39 is 0 Å². The molecule has 0 saturated carbocycles. The number of hydrogen-bond acceptors (Lipinski definition) is 3. The van der Waals surface area contributed by atoms with Crippen molar-refractivity contribution in [1.29, 1.82) is 0 Å². The maximum atomic E-state index is 5.52. The lowest BCUT2D eigenvalue weighted by molar-refractivity contribution is 0.747. The van der Waals surface area contributed by atoms with Crippen LogP contribution in [-0.2, 0) is 6.54 Å². The molecule has 12 heavy (non-hydrogen) atoms. The fourth-order valence-corrected chi connectivity index (χ4v) is 1.04. The van der Waals surface area contributed by atoms with Crippen molar-refractivity contribution in [2.75, 3.05) is 0 Å². The van der Waals surface area contributed by atoms with E-state index in [0.717, 1.165) is 5.82 Å². The average molecular weight is 184 g/mol. The largest absolute Gasteiger partial charge is 0.330 e. The average Bonchev–Trinajstić information content (AvgIpc) is 2.63. The summed E-state index contributed by atoms with van der Waals surface area (Å²) in [5.74, 6) is 0.720. The Labute approximate surface area is 73.4 Å². The highest BCUT2D eigenvalue weighted by molar-refractivity contribution is 6.28. The van der Waals surface area contributed by atoms with Gasteiger partial charge in [0.1, 0.15) is 5.82 Å². The van der Waals surface area contributed by atoms with Crippen LogP contribution in [0.3, 0.4) is 0 Å². The monoisotopic (exact) mass is 183 g/mol. The molecule has 0 saturated heterocycles. The lowest BCUT2D eigenvalue weighted by atomic mass is 10.6. The van der Waals surface area contributed by atoms with Gasteiger partial charge in [-0.2, -0.15) is 0 Å². The molecule has 0 aliphatic heterocycles. The highest BCUT2D eigenvalue weighted by Crippen LogP contribution is 2.00. The molecule has 5 nitrogen and oxygen atoms in total. The van der Waals surface area contributed by atoms with E-state index in [9.17, 15) is 0 Å². The molecule has 62 valence electrons. The predicted octanol–water partition coefficient (Wildman–Crippen LogP) is 0.703. The predicted molar refractivity (Wildman–Crippen MR) is 42.7 cm³/mol. The Morgan fingerprint density at radius 2 is 2.50 bits per heavy atom. The number of nitrogens with zero attached hydrogens (tertiary/aromatic N) is 4. The third kappa shape index (κ3) is 1.45. The molecule has 2 heterocycles. The summed E-state index contributed by atoms with van der Waals surface area (Å²) in [6, 6.07) is 0. The van der Waals surface area contributed by atoms with Crippen molar-refractivity contribution in [3.8, 4) is 0 Å². The molecule has 0 aliphatic rings. The molecule has 0 fully saturated rings. The first-order chi connectivity index (χ1) is 5.84. The molecule has 0 atom stereocenters. The van der Waals surface area contributed by atoms with Gasteiger partial charge in [0.05, 0.1) is 12.9 Å². The van der Waals surface area contributed by atoms with E-state index in [2.05, 4.69) is 20.2 Å². The Morgan fingerprint density at radius 3 is 3.08 bits per heavy atom. The Kier molecular flexibility index (Phi) is 1.79. The summed E-state index contributed by atoms with van der Waals surface area (Å²) in [5, 5.41) is 6.64. The minimum Gasteiger partial charge on any atom is -0.330 e. The van der Waals surface area contributed by atoms with Crippen molar-refractivity contribution in [3.05, 3.63) is 29.8 Å². The number of aromatic amines is 1. The molecule has 0 amide bonds. The first-order valence-corrected chi connectivity index (χ1v) is 3.75. The van der Waals surface area contributed by atoms with Gasteiger partial charge < -0.3 is 4.57 Å². The van der Waals surface area contributed by atoms with Gasteiger partial charge in [-0.3, -0.25) is 5.10 Å². The van der Waals surface area contributed by atoms with E-state index in [1.165, 1.54) is 0 Å². The number of rotatable bonds is 2. The molecule has 2 rings (SSSR count). The third-order valence-corrected chi connectivity index (χ3v) is 1.56. The topological polar surface area (TPSA) is 59.4 Å². The summed E-state index contributed by atoms with van der Waals surface area (Å²) in [5.41, 5.74) is 0. The Morgan fingerprint density at radius 1 is 1.58 bits per heavy atom. The second-order valence-corrected chi connectivity index (χ2v) is 2.62. The van der Waals surface area contributed by atoms with Crippen LogP contribution in [0.4, 0.5) is 0 Å². The van der Waals surface area contributed by atoms with Gasteiger partial charge >= 0.3 is 0 Å². The van der Waals surface area contributed by atoms with Gasteiger partial charge in [-0.1, -0.05) is 0 Å². The minimum atomic E-state index is 0.241. The lowest BCUT2D eigenvalue weighted by Gasteiger charge is -1.94. The smallest absolute Gasteiger partial charge is 0.242 e. The summed E-state index contributed by atoms with van der Waals surface area (Å²) < 4.78 is 1.87. The highest BCUT2D eigenvalue weighted by Gasteiger charge is 1.99. The van der Waals surface area contributed by atoms with Crippen LogP contribution in [0.5, 0.6) is 0 Å². The van der Waals surface area contributed by atoms with Gasteiger partial charge in [-0.05, 0) is 11.6 Å². The number of halogens is 1. The fraction of sp³-hybridized carbons (Fsp3) is 0.167. The van der Waals surface area contributed by atoms with Crippen molar-refractivity contribution in [2.24, 2.45) is 0 Å². The van der Waals surface area contributed by atoms with Crippen molar-refractivity contribution < 1.29 is 0 Å². The van der Waals surface area contributed by atoms with Crippen LogP contribution in [0.15, 0.2) is 18.7 Å². The quantitative estimate of drug-likeness (QED) is 0.746. The Bertz CT molecular complexity index is 352. The summed E-state index contributed by atoms with van der Waals surface area (Å²) in [4.78, 5) is 7.83. The standard InChI is InChI=1S/C6H6ClN5/c7-6-9-5(10-11-6)3-12-2-1-8-4-12/h1-2,4H,3H2,(H,9,10,11). The molecule has 0 spiro atoms. The second-order valence-electron chi connectivity index (χ2n) is 2.29. The number of nitrogens with one attached hydrogen (secondary N) is 1. The molecular weight excluding hydrogens is 178 g/mol. The van der Waals surface area contributed by atoms with Crippen LogP contribution in [0.2, 0.25) is 5.28 Å². The Balaban J connectivity index is 2.14. The first-order valence-electron chi connectivity index (χ1n) is 3.37. The van der Waals surface area contributed by atoms with Gasteiger partial charge in [0.2, 0.25) is 5.28 Å². The zero-order chi connectivity index (χ0) is 8.39. The maximum absolute atomic E-state index is 5.52. The summed E-state index contributed by atoms with van der Waals surface area (Å²) in [6.07, 6.45) is 5.25. The van der Waals surface area contributed by atoms with Crippen molar-refractivity contribution in [2.45, 2.75) is 6.54 Å². The lowest BCUT2D eigenvalue weighted by Crippen LogP contribution is -1.98. The van der Waals surface area contributed by atoms with E-state index in [1.54, 1.807) is 12.5 Å².